The van der Waals surface area contributed by atoms with Gasteiger partial charge >= 0.3 is 5.97 Å². The molecule has 0 atom stereocenters. The smallest absolute Gasteiger partial charge is 0.338 e. The number of rotatable bonds is 7. The Kier molecular flexibility index (Phi) is 5.78. The Hall–Kier alpha value is -3.55. The largest absolute Gasteiger partial charge is 0.497 e. The molecule has 8 heteroatoms. The Balaban J connectivity index is 1.71. The van der Waals surface area contributed by atoms with Crippen molar-refractivity contribution in [1.29, 1.82) is 0 Å². The number of carbonyl (C=O) groups excluding carboxylic acids is 1. The molecule has 8 nitrogen and oxygen atoms in total. The van der Waals surface area contributed by atoms with Gasteiger partial charge in [-0.1, -0.05) is 11.2 Å². The number of nitrogens with zero attached hydrogens (tertiary/aromatic N) is 2. The highest BCUT2D eigenvalue weighted by atomic mass is 16.6. The zero-order valence-corrected chi connectivity index (χ0v) is 16.0. The van der Waals surface area contributed by atoms with Crippen LogP contribution >= 0.6 is 0 Å². The van der Waals surface area contributed by atoms with Crippen LogP contribution in [0.15, 0.2) is 40.9 Å². The van der Waals surface area contributed by atoms with E-state index in [-0.39, 0.29) is 12.5 Å². The summed E-state index contributed by atoms with van der Waals surface area (Å²) in [6.45, 7) is 1.74. The van der Waals surface area contributed by atoms with Crippen molar-refractivity contribution in [3.63, 3.8) is 0 Å². The van der Waals surface area contributed by atoms with Crippen LogP contribution in [0.4, 0.5) is 0 Å². The molecule has 1 aromatic heterocycles. The summed E-state index contributed by atoms with van der Waals surface area (Å²) >= 11 is 0. The highest BCUT2D eigenvalue weighted by Gasteiger charge is 2.16. The molecule has 0 saturated heterocycles. The third-order valence-corrected chi connectivity index (χ3v) is 4.09. The highest BCUT2D eigenvalue weighted by molar-refractivity contribution is 5.90. The van der Waals surface area contributed by atoms with Crippen LogP contribution in [0.5, 0.6) is 17.2 Å². The Labute approximate surface area is 162 Å². The first kappa shape index (κ1) is 19.2. The molecule has 0 fully saturated rings. The number of ether oxygens (including phenoxy) is 4. The minimum atomic E-state index is -0.514. The van der Waals surface area contributed by atoms with Crippen molar-refractivity contribution in [2.45, 2.75) is 13.5 Å². The van der Waals surface area contributed by atoms with Gasteiger partial charge in [-0.25, -0.2) is 4.79 Å². The number of benzene rings is 2. The van der Waals surface area contributed by atoms with E-state index in [1.54, 1.807) is 50.6 Å². The first-order chi connectivity index (χ1) is 13.5. The second-order valence-electron chi connectivity index (χ2n) is 5.84. The molecule has 0 aliphatic rings. The minimum Gasteiger partial charge on any atom is -0.497 e. The summed E-state index contributed by atoms with van der Waals surface area (Å²) in [4.78, 5) is 16.5. The average molecular weight is 384 g/mol. The molecule has 0 spiro atoms. The predicted octanol–water partition coefficient (Wildman–Crippen LogP) is 3.43. The van der Waals surface area contributed by atoms with Crippen LogP contribution in [0.2, 0.25) is 0 Å². The van der Waals surface area contributed by atoms with Crippen molar-refractivity contribution < 1.29 is 28.3 Å². The third-order valence-electron chi connectivity index (χ3n) is 4.09. The van der Waals surface area contributed by atoms with Gasteiger partial charge in [-0.2, -0.15) is 4.98 Å². The van der Waals surface area contributed by atoms with Crippen LogP contribution in [0.25, 0.3) is 11.4 Å². The molecular weight excluding hydrogens is 364 g/mol. The summed E-state index contributed by atoms with van der Waals surface area (Å²) in [5.74, 6) is 1.77. The number of methoxy groups -OCH3 is 3. The van der Waals surface area contributed by atoms with E-state index in [9.17, 15) is 4.79 Å². The first-order valence-corrected chi connectivity index (χ1v) is 8.42. The van der Waals surface area contributed by atoms with Gasteiger partial charge in [0, 0.05) is 6.07 Å². The van der Waals surface area contributed by atoms with Gasteiger partial charge in [-0.3, -0.25) is 0 Å². The lowest BCUT2D eigenvalue weighted by atomic mass is 10.1. The van der Waals surface area contributed by atoms with Crippen LogP contribution in [0.3, 0.4) is 0 Å². The molecule has 0 bridgehead atoms. The van der Waals surface area contributed by atoms with Crippen molar-refractivity contribution in [2.24, 2.45) is 0 Å². The van der Waals surface area contributed by atoms with Crippen LogP contribution < -0.4 is 14.2 Å². The molecule has 0 aliphatic carbocycles. The fourth-order valence-corrected chi connectivity index (χ4v) is 2.56. The predicted molar refractivity (Wildman–Crippen MR) is 99.7 cm³/mol. The van der Waals surface area contributed by atoms with Gasteiger partial charge in [0.05, 0.1) is 32.5 Å². The van der Waals surface area contributed by atoms with Gasteiger partial charge in [0.15, 0.2) is 6.61 Å². The van der Waals surface area contributed by atoms with Crippen LogP contribution in [-0.2, 0) is 11.3 Å². The monoisotopic (exact) mass is 384 g/mol. The number of carbonyl (C=O) groups is 1. The van der Waals surface area contributed by atoms with Crippen LogP contribution in [0.1, 0.15) is 21.8 Å². The summed E-state index contributed by atoms with van der Waals surface area (Å²) in [6.07, 6.45) is 0. The second-order valence-corrected chi connectivity index (χ2v) is 5.84. The van der Waals surface area contributed by atoms with Gasteiger partial charge in [-0.05, 0) is 36.8 Å². The summed E-state index contributed by atoms with van der Waals surface area (Å²) in [7, 11) is 4.65. The summed E-state index contributed by atoms with van der Waals surface area (Å²) in [5, 5.41) is 3.92. The maximum Gasteiger partial charge on any atom is 0.338 e. The molecule has 28 heavy (non-hydrogen) atoms. The average Bonchev–Trinajstić information content (AvgIpc) is 3.20. The Morgan fingerprint density at radius 1 is 1.00 bits per heavy atom. The fourth-order valence-electron chi connectivity index (χ4n) is 2.56. The van der Waals surface area contributed by atoms with E-state index in [4.69, 9.17) is 23.5 Å². The SMILES string of the molecule is COc1ccc(-c2noc(COC(=O)c3ccc(C)c(OC)c3)n2)c(OC)c1. The maximum atomic E-state index is 12.2. The van der Waals surface area contributed by atoms with Crippen molar-refractivity contribution in [3.05, 3.63) is 53.4 Å². The van der Waals surface area contributed by atoms with Crippen molar-refractivity contribution in [3.8, 4) is 28.6 Å². The zero-order chi connectivity index (χ0) is 20.1. The molecule has 146 valence electrons. The van der Waals surface area contributed by atoms with Gasteiger partial charge in [-0.15, -0.1) is 0 Å². The number of hydrogen-bond donors (Lipinski definition) is 0. The minimum absolute atomic E-state index is 0.152. The highest BCUT2D eigenvalue weighted by Crippen LogP contribution is 2.31. The molecular formula is C20H20N2O6. The van der Waals surface area contributed by atoms with Crippen molar-refractivity contribution in [2.75, 3.05) is 21.3 Å². The molecule has 0 aliphatic heterocycles. The lowest BCUT2D eigenvalue weighted by Gasteiger charge is -2.07. The molecule has 0 radical (unpaired) electrons. The standard InChI is InChI=1S/C20H20N2O6/c1-12-5-6-13(9-16(12)25-3)20(23)27-11-18-21-19(22-28-18)15-8-7-14(24-2)10-17(15)26-4/h5-10H,11H2,1-4H3. The topological polar surface area (TPSA) is 92.9 Å². The molecule has 3 aromatic rings. The van der Waals surface area contributed by atoms with E-state index in [1.165, 1.54) is 7.11 Å². The third kappa shape index (κ3) is 4.06. The normalized spacial score (nSPS) is 10.4. The van der Waals surface area contributed by atoms with E-state index in [1.807, 2.05) is 6.92 Å². The zero-order valence-electron chi connectivity index (χ0n) is 16.0. The maximum absolute atomic E-state index is 12.2. The van der Waals surface area contributed by atoms with Gasteiger partial charge < -0.3 is 23.5 Å². The molecule has 1 heterocycles. The molecule has 0 amide bonds. The number of esters is 1. The fraction of sp³-hybridized carbons (Fsp3) is 0.250. The lowest BCUT2D eigenvalue weighted by molar-refractivity contribution is 0.0429. The number of hydrogen-bond acceptors (Lipinski definition) is 8. The van der Waals surface area contributed by atoms with Gasteiger partial charge in [0.1, 0.15) is 17.2 Å². The van der Waals surface area contributed by atoms with Crippen LogP contribution in [-0.4, -0.2) is 37.4 Å². The van der Waals surface area contributed by atoms with E-state index in [2.05, 4.69) is 10.1 Å². The summed E-state index contributed by atoms with van der Waals surface area (Å²) < 4.78 is 26.2. The number of aromatic nitrogens is 2. The Morgan fingerprint density at radius 2 is 1.79 bits per heavy atom. The lowest BCUT2D eigenvalue weighted by Crippen LogP contribution is -2.06. The molecule has 0 N–H and O–H groups in total. The Morgan fingerprint density at radius 3 is 2.50 bits per heavy atom. The van der Waals surface area contributed by atoms with E-state index >= 15 is 0 Å². The second kappa shape index (κ2) is 8.43. The van der Waals surface area contributed by atoms with E-state index in [0.29, 0.717) is 34.2 Å². The molecule has 0 unspecified atom stereocenters. The molecule has 3 rings (SSSR count). The first-order valence-electron chi connectivity index (χ1n) is 8.42. The number of aryl methyl sites for hydroxylation is 1. The molecule has 2 aromatic carbocycles. The van der Waals surface area contributed by atoms with Crippen LogP contribution in [0, 0.1) is 6.92 Å². The van der Waals surface area contributed by atoms with Gasteiger partial charge in [0.25, 0.3) is 5.89 Å². The quantitative estimate of drug-likeness (QED) is 0.572. The Bertz CT molecular complexity index is 983. The summed E-state index contributed by atoms with van der Waals surface area (Å²) in [5.41, 5.74) is 1.93. The van der Waals surface area contributed by atoms with Gasteiger partial charge in [0.2, 0.25) is 5.82 Å². The van der Waals surface area contributed by atoms with E-state index in [0.717, 1.165) is 5.56 Å². The molecule has 0 saturated carbocycles. The van der Waals surface area contributed by atoms with Crippen molar-refractivity contribution >= 4 is 5.97 Å². The van der Waals surface area contributed by atoms with Crippen molar-refractivity contribution in [1.82, 2.24) is 10.1 Å². The summed E-state index contributed by atoms with van der Waals surface area (Å²) in [6, 6.07) is 10.3. The van der Waals surface area contributed by atoms with E-state index < -0.39 is 5.97 Å².